The lowest BCUT2D eigenvalue weighted by atomic mass is 9.94. The Morgan fingerprint density at radius 3 is 2.57 bits per heavy atom. The highest BCUT2D eigenvalue weighted by Crippen LogP contribution is 2.31. The van der Waals surface area contributed by atoms with E-state index in [-0.39, 0.29) is 30.6 Å². The van der Waals surface area contributed by atoms with Crippen LogP contribution < -0.4 is 0 Å². The van der Waals surface area contributed by atoms with Gasteiger partial charge in [0.25, 0.3) is 0 Å². The minimum absolute atomic E-state index is 0.0497. The van der Waals surface area contributed by atoms with Gasteiger partial charge >= 0.3 is 0 Å². The molecule has 1 aromatic carbocycles. The second-order valence-corrected chi connectivity index (χ2v) is 5.49. The van der Waals surface area contributed by atoms with Crippen LogP contribution in [-0.4, -0.2) is 41.8 Å². The molecule has 1 heterocycles. The molecule has 1 saturated heterocycles. The molecule has 4 heteroatoms. The SMILES string of the molecule is CCC(CC)C(=O)N1CCO[C@H](CO)[C@H]1c1ccccc1. The number of morpholine rings is 1. The van der Waals surface area contributed by atoms with Crippen LogP contribution >= 0.6 is 0 Å². The maximum Gasteiger partial charge on any atom is 0.226 e. The lowest BCUT2D eigenvalue weighted by Gasteiger charge is -2.42. The number of hydrogen-bond donors (Lipinski definition) is 1. The molecule has 1 fully saturated rings. The molecule has 0 bridgehead atoms. The van der Waals surface area contributed by atoms with Gasteiger partial charge in [-0.05, 0) is 18.4 Å². The smallest absolute Gasteiger partial charge is 0.226 e. The maximum absolute atomic E-state index is 12.8. The Kier molecular flexibility index (Phi) is 5.76. The Balaban J connectivity index is 2.30. The van der Waals surface area contributed by atoms with Crippen molar-refractivity contribution in [3.63, 3.8) is 0 Å². The molecular formula is C17H25NO3. The van der Waals surface area contributed by atoms with Crippen LogP contribution in [0.25, 0.3) is 0 Å². The van der Waals surface area contributed by atoms with Gasteiger partial charge in [0.2, 0.25) is 5.91 Å². The van der Waals surface area contributed by atoms with Crippen LogP contribution in [0.2, 0.25) is 0 Å². The molecule has 1 N–H and O–H groups in total. The first-order valence-electron chi connectivity index (χ1n) is 7.80. The van der Waals surface area contributed by atoms with Gasteiger partial charge in [-0.2, -0.15) is 0 Å². The van der Waals surface area contributed by atoms with E-state index in [9.17, 15) is 9.90 Å². The highest BCUT2D eigenvalue weighted by atomic mass is 16.5. The van der Waals surface area contributed by atoms with Crippen LogP contribution in [0.15, 0.2) is 30.3 Å². The third-order valence-electron chi connectivity index (χ3n) is 4.29. The molecule has 21 heavy (non-hydrogen) atoms. The molecule has 2 rings (SSSR count). The van der Waals surface area contributed by atoms with Crippen molar-refractivity contribution >= 4 is 5.91 Å². The molecule has 116 valence electrons. The Morgan fingerprint density at radius 2 is 2.00 bits per heavy atom. The third kappa shape index (κ3) is 3.44. The number of ether oxygens (including phenoxy) is 1. The molecule has 0 aliphatic carbocycles. The first kappa shape index (κ1) is 16.0. The summed E-state index contributed by atoms with van der Waals surface area (Å²) in [5.74, 6) is 0.226. The number of amides is 1. The minimum Gasteiger partial charge on any atom is -0.394 e. The zero-order chi connectivity index (χ0) is 15.2. The van der Waals surface area contributed by atoms with E-state index in [2.05, 4.69) is 0 Å². The Morgan fingerprint density at radius 1 is 1.33 bits per heavy atom. The largest absolute Gasteiger partial charge is 0.394 e. The first-order chi connectivity index (χ1) is 10.2. The number of carbonyl (C=O) groups excluding carboxylic acids is 1. The van der Waals surface area contributed by atoms with Crippen molar-refractivity contribution < 1.29 is 14.6 Å². The molecule has 1 amide bonds. The van der Waals surface area contributed by atoms with E-state index in [1.807, 2.05) is 49.1 Å². The van der Waals surface area contributed by atoms with Crippen molar-refractivity contribution in [1.82, 2.24) is 4.90 Å². The fraction of sp³-hybridized carbons (Fsp3) is 0.588. The van der Waals surface area contributed by atoms with Gasteiger partial charge in [0.15, 0.2) is 0 Å². The van der Waals surface area contributed by atoms with Crippen LogP contribution in [0.5, 0.6) is 0 Å². The summed E-state index contributed by atoms with van der Waals surface area (Å²) in [6.45, 7) is 5.10. The van der Waals surface area contributed by atoms with Crippen molar-refractivity contribution in [3.05, 3.63) is 35.9 Å². The number of benzene rings is 1. The van der Waals surface area contributed by atoms with E-state index >= 15 is 0 Å². The minimum atomic E-state index is -0.348. The maximum atomic E-state index is 12.8. The molecule has 1 aliphatic heterocycles. The van der Waals surface area contributed by atoms with E-state index in [0.717, 1.165) is 18.4 Å². The second-order valence-electron chi connectivity index (χ2n) is 5.49. The van der Waals surface area contributed by atoms with E-state index in [0.29, 0.717) is 13.2 Å². The van der Waals surface area contributed by atoms with Gasteiger partial charge in [0.1, 0.15) is 6.10 Å². The summed E-state index contributed by atoms with van der Waals surface area (Å²) in [7, 11) is 0. The van der Waals surface area contributed by atoms with Crippen LogP contribution in [0.3, 0.4) is 0 Å². The quantitative estimate of drug-likeness (QED) is 0.906. The van der Waals surface area contributed by atoms with Crippen LogP contribution in [-0.2, 0) is 9.53 Å². The molecule has 0 aromatic heterocycles. The fourth-order valence-corrected chi connectivity index (χ4v) is 3.05. The topological polar surface area (TPSA) is 49.8 Å². The van der Waals surface area contributed by atoms with E-state index in [1.54, 1.807) is 0 Å². The summed E-state index contributed by atoms with van der Waals surface area (Å²) >= 11 is 0. The molecule has 0 radical (unpaired) electrons. The number of hydrogen-bond acceptors (Lipinski definition) is 3. The summed E-state index contributed by atoms with van der Waals surface area (Å²) in [4.78, 5) is 14.7. The number of carbonyl (C=O) groups is 1. The summed E-state index contributed by atoms with van der Waals surface area (Å²) < 4.78 is 5.68. The second kappa shape index (κ2) is 7.57. The van der Waals surface area contributed by atoms with Crippen molar-refractivity contribution in [2.45, 2.75) is 38.8 Å². The van der Waals surface area contributed by atoms with Gasteiger partial charge in [-0.15, -0.1) is 0 Å². The molecule has 0 unspecified atom stereocenters. The Bertz CT molecular complexity index is 445. The molecule has 1 aromatic rings. The molecule has 1 aliphatic rings. The monoisotopic (exact) mass is 291 g/mol. The van der Waals surface area contributed by atoms with Crippen molar-refractivity contribution in [2.24, 2.45) is 5.92 Å². The standard InChI is InChI=1S/C17H25NO3/c1-3-13(4-2)17(20)18-10-11-21-15(12-19)16(18)14-8-6-5-7-9-14/h5-9,13,15-16,19H,3-4,10-12H2,1-2H3/t15-,16-/m1/s1. The van der Waals surface area contributed by atoms with Gasteiger partial charge < -0.3 is 14.7 Å². The Hall–Kier alpha value is -1.39. The van der Waals surface area contributed by atoms with Crippen molar-refractivity contribution in [3.8, 4) is 0 Å². The number of aliphatic hydroxyl groups excluding tert-OH is 1. The molecule has 2 atom stereocenters. The lowest BCUT2D eigenvalue weighted by Crippen LogP contribution is -2.51. The summed E-state index contributed by atoms with van der Waals surface area (Å²) in [5, 5.41) is 9.61. The van der Waals surface area contributed by atoms with Gasteiger partial charge in [-0.1, -0.05) is 44.2 Å². The van der Waals surface area contributed by atoms with Crippen molar-refractivity contribution in [2.75, 3.05) is 19.8 Å². The predicted molar refractivity (Wildman–Crippen MR) is 81.8 cm³/mol. The van der Waals surface area contributed by atoms with Gasteiger partial charge in [0, 0.05) is 12.5 Å². The van der Waals surface area contributed by atoms with Gasteiger partial charge in [0.05, 0.1) is 19.3 Å². The third-order valence-corrected chi connectivity index (χ3v) is 4.29. The average molecular weight is 291 g/mol. The molecule has 0 saturated carbocycles. The van der Waals surface area contributed by atoms with E-state index in [4.69, 9.17) is 4.74 Å². The van der Waals surface area contributed by atoms with Gasteiger partial charge in [-0.25, -0.2) is 0 Å². The zero-order valence-corrected chi connectivity index (χ0v) is 12.9. The van der Waals surface area contributed by atoms with Crippen molar-refractivity contribution in [1.29, 1.82) is 0 Å². The predicted octanol–water partition coefficient (Wildman–Crippen LogP) is 2.38. The molecule has 0 spiro atoms. The molecule has 4 nitrogen and oxygen atoms in total. The van der Waals surface area contributed by atoms with E-state index < -0.39 is 0 Å². The fourth-order valence-electron chi connectivity index (χ4n) is 3.05. The summed E-state index contributed by atoms with van der Waals surface area (Å²) in [6.07, 6.45) is 1.34. The van der Waals surface area contributed by atoms with Crippen LogP contribution in [0.4, 0.5) is 0 Å². The normalized spacial score (nSPS) is 22.6. The highest BCUT2D eigenvalue weighted by molar-refractivity contribution is 5.79. The first-order valence-corrected chi connectivity index (χ1v) is 7.80. The summed E-state index contributed by atoms with van der Waals surface area (Å²) in [6, 6.07) is 9.66. The number of rotatable bonds is 5. The zero-order valence-electron chi connectivity index (χ0n) is 12.9. The molecular weight excluding hydrogens is 266 g/mol. The highest BCUT2D eigenvalue weighted by Gasteiger charge is 2.37. The number of aliphatic hydroxyl groups is 1. The Labute approximate surface area is 126 Å². The van der Waals surface area contributed by atoms with Gasteiger partial charge in [-0.3, -0.25) is 4.79 Å². The van der Waals surface area contributed by atoms with Crippen LogP contribution in [0.1, 0.15) is 38.3 Å². The number of nitrogens with zero attached hydrogens (tertiary/aromatic N) is 1. The van der Waals surface area contributed by atoms with E-state index in [1.165, 1.54) is 0 Å². The summed E-state index contributed by atoms with van der Waals surface area (Å²) in [5.41, 5.74) is 1.02. The van der Waals surface area contributed by atoms with Crippen LogP contribution in [0, 0.1) is 5.92 Å². The lowest BCUT2D eigenvalue weighted by molar-refractivity contribution is -0.154. The average Bonchev–Trinajstić information content (AvgIpc) is 2.55.